The Morgan fingerprint density at radius 2 is 2.03 bits per heavy atom. The van der Waals surface area contributed by atoms with E-state index in [1.54, 1.807) is 13.2 Å². The Bertz CT molecular complexity index is 855. The number of hydrogen-bond acceptors (Lipinski definition) is 5. The molecule has 1 aliphatic heterocycles. The van der Waals surface area contributed by atoms with Gasteiger partial charge in [0, 0.05) is 31.2 Å². The highest BCUT2D eigenvalue weighted by Crippen LogP contribution is 2.23. The van der Waals surface area contributed by atoms with Gasteiger partial charge in [-0.05, 0) is 31.4 Å². The Hall–Kier alpha value is -1.81. The first-order valence-electron chi connectivity index (χ1n) is 10.6. The van der Waals surface area contributed by atoms with Crippen molar-refractivity contribution in [2.24, 2.45) is 4.99 Å². The molecule has 0 bridgehead atoms. The molecule has 0 radical (unpaired) electrons. The fourth-order valence-electron chi connectivity index (χ4n) is 3.20. The van der Waals surface area contributed by atoms with Crippen molar-refractivity contribution in [3.8, 4) is 5.75 Å². The van der Waals surface area contributed by atoms with E-state index >= 15 is 0 Å². The van der Waals surface area contributed by atoms with Gasteiger partial charge in [-0.2, -0.15) is 0 Å². The van der Waals surface area contributed by atoms with Gasteiger partial charge in [0.1, 0.15) is 18.1 Å². The molecule has 3 rings (SSSR count). The largest absolute Gasteiger partial charge is 0.491 e. The van der Waals surface area contributed by atoms with E-state index in [4.69, 9.17) is 13.9 Å². The lowest BCUT2D eigenvalue weighted by Crippen LogP contribution is -2.36. The summed E-state index contributed by atoms with van der Waals surface area (Å²) in [5.74, 6) is 3.07. The van der Waals surface area contributed by atoms with Crippen molar-refractivity contribution in [2.45, 2.75) is 65.1 Å². The molecule has 0 spiro atoms. The first kappa shape index (κ1) is 25.5. The minimum absolute atomic E-state index is 0. The summed E-state index contributed by atoms with van der Waals surface area (Å²) in [6.07, 6.45) is 4.16. The summed E-state index contributed by atoms with van der Waals surface area (Å²) in [7, 11) is 1.75. The fourth-order valence-corrected chi connectivity index (χ4v) is 3.20. The maximum absolute atomic E-state index is 6.08. The van der Waals surface area contributed by atoms with Crippen molar-refractivity contribution in [1.29, 1.82) is 0 Å². The molecule has 1 unspecified atom stereocenters. The van der Waals surface area contributed by atoms with Gasteiger partial charge in [-0.3, -0.25) is 4.99 Å². The molecule has 31 heavy (non-hydrogen) atoms. The summed E-state index contributed by atoms with van der Waals surface area (Å²) >= 11 is 0. The standard InChI is InChI=1S/C23H34N4O3.HI/c1-16-8-9-17(19(11-16)29-15-18-7-6-10-28-18)12-26-22(24-5)27-14-21-25-13-20(30-21)23(2,3)4;/h8-9,11,13,18H,6-7,10,12,14-15H2,1-5H3,(H2,24,26,27);1H. The molecule has 2 N–H and O–H groups in total. The number of oxazole rings is 1. The van der Waals surface area contributed by atoms with Crippen LogP contribution in [0.4, 0.5) is 0 Å². The topological polar surface area (TPSA) is 80.9 Å². The second kappa shape index (κ2) is 11.7. The van der Waals surface area contributed by atoms with Crippen molar-refractivity contribution in [3.63, 3.8) is 0 Å². The Morgan fingerprint density at radius 1 is 1.26 bits per heavy atom. The summed E-state index contributed by atoms with van der Waals surface area (Å²) < 4.78 is 17.6. The summed E-state index contributed by atoms with van der Waals surface area (Å²) in [5, 5.41) is 6.59. The molecule has 8 heteroatoms. The number of aryl methyl sites for hydroxylation is 1. The number of guanidine groups is 1. The van der Waals surface area contributed by atoms with E-state index in [2.05, 4.69) is 66.5 Å². The summed E-state index contributed by atoms with van der Waals surface area (Å²) in [6.45, 7) is 10.9. The van der Waals surface area contributed by atoms with Crippen LogP contribution in [0.15, 0.2) is 33.8 Å². The van der Waals surface area contributed by atoms with Gasteiger partial charge in [0.2, 0.25) is 5.89 Å². The van der Waals surface area contributed by atoms with Crippen LogP contribution in [0.2, 0.25) is 0 Å². The van der Waals surface area contributed by atoms with Crippen LogP contribution in [0.25, 0.3) is 0 Å². The number of benzene rings is 1. The molecule has 0 aliphatic carbocycles. The third-order valence-electron chi connectivity index (χ3n) is 5.04. The van der Waals surface area contributed by atoms with E-state index in [1.165, 1.54) is 5.56 Å². The zero-order chi connectivity index (χ0) is 21.6. The number of aliphatic imine (C=N–C) groups is 1. The minimum atomic E-state index is -0.0590. The normalized spacial score (nSPS) is 16.7. The smallest absolute Gasteiger partial charge is 0.213 e. The molecule has 1 atom stereocenters. The average Bonchev–Trinajstić information content (AvgIpc) is 3.39. The van der Waals surface area contributed by atoms with Crippen LogP contribution in [0.5, 0.6) is 5.75 Å². The van der Waals surface area contributed by atoms with E-state index in [1.807, 2.05) is 0 Å². The van der Waals surface area contributed by atoms with Crippen molar-refractivity contribution in [2.75, 3.05) is 20.3 Å². The van der Waals surface area contributed by atoms with E-state index in [-0.39, 0.29) is 35.5 Å². The van der Waals surface area contributed by atoms with Crippen molar-refractivity contribution < 1.29 is 13.9 Å². The summed E-state index contributed by atoms with van der Waals surface area (Å²) in [6, 6.07) is 6.25. The molecule has 1 aliphatic rings. The zero-order valence-corrected chi connectivity index (χ0v) is 21.5. The SMILES string of the molecule is CN=C(NCc1ncc(C(C)(C)C)o1)NCc1ccc(C)cc1OCC1CCCO1.I. The van der Waals surface area contributed by atoms with Crippen LogP contribution in [0.1, 0.15) is 56.4 Å². The molecule has 0 amide bonds. The quantitative estimate of drug-likeness (QED) is 0.308. The van der Waals surface area contributed by atoms with Gasteiger partial charge in [-0.15, -0.1) is 24.0 Å². The highest BCUT2D eigenvalue weighted by Gasteiger charge is 2.19. The maximum Gasteiger partial charge on any atom is 0.213 e. The monoisotopic (exact) mass is 542 g/mol. The molecule has 1 aromatic heterocycles. The van der Waals surface area contributed by atoms with Gasteiger partial charge >= 0.3 is 0 Å². The number of aromatic nitrogens is 1. The molecule has 0 saturated carbocycles. The molecule has 172 valence electrons. The van der Waals surface area contributed by atoms with Gasteiger partial charge in [-0.1, -0.05) is 32.9 Å². The van der Waals surface area contributed by atoms with Gasteiger partial charge in [0.15, 0.2) is 5.96 Å². The second-order valence-corrected chi connectivity index (χ2v) is 8.70. The summed E-state index contributed by atoms with van der Waals surface area (Å²) in [4.78, 5) is 8.64. The molecular formula is C23H35IN4O3. The van der Waals surface area contributed by atoms with Crippen molar-refractivity contribution >= 4 is 29.9 Å². The van der Waals surface area contributed by atoms with Crippen LogP contribution in [-0.4, -0.2) is 37.3 Å². The van der Waals surface area contributed by atoms with Crippen LogP contribution in [-0.2, 0) is 23.2 Å². The zero-order valence-electron chi connectivity index (χ0n) is 19.2. The van der Waals surface area contributed by atoms with Crippen LogP contribution in [0.3, 0.4) is 0 Å². The first-order valence-corrected chi connectivity index (χ1v) is 10.6. The Kier molecular flexibility index (Phi) is 9.61. The number of nitrogens with zero attached hydrogens (tertiary/aromatic N) is 2. The minimum Gasteiger partial charge on any atom is -0.491 e. The van der Waals surface area contributed by atoms with E-state index in [9.17, 15) is 0 Å². The third kappa shape index (κ3) is 7.68. The van der Waals surface area contributed by atoms with Crippen LogP contribution in [0, 0.1) is 6.92 Å². The number of ether oxygens (including phenoxy) is 2. The Labute approximate surface area is 202 Å². The molecule has 2 heterocycles. The first-order chi connectivity index (χ1) is 14.3. The Balaban J connectivity index is 0.00000341. The van der Waals surface area contributed by atoms with Gasteiger partial charge in [0.25, 0.3) is 0 Å². The molecular weight excluding hydrogens is 507 g/mol. The number of nitrogens with one attached hydrogen (secondary N) is 2. The van der Waals surface area contributed by atoms with Crippen molar-refractivity contribution in [3.05, 3.63) is 47.2 Å². The van der Waals surface area contributed by atoms with E-state index < -0.39 is 0 Å². The second-order valence-electron chi connectivity index (χ2n) is 8.70. The number of rotatable bonds is 7. The fraction of sp³-hybridized carbons (Fsp3) is 0.565. The van der Waals surface area contributed by atoms with E-state index in [0.29, 0.717) is 31.5 Å². The molecule has 7 nitrogen and oxygen atoms in total. The average molecular weight is 542 g/mol. The Morgan fingerprint density at radius 3 is 2.68 bits per heavy atom. The summed E-state index contributed by atoms with van der Waals surface area (Å²) in [5.41, 5.74) is 2.19. The lowest BCUT2D eigenvalue weighted by Gasteiger charge is -2.17. The highest BCUT2D eigenvalue weighted by atomic mass is 127. The maximum atomic E-state index is 6.08. The lowest BCUT2D eigenvalue weighted by atomic mass is 9.94. The third-order valence-corrected chi connectivity index (χ3v) is 5.04. The predicted octanol–water partition coefficient (Wildman–Crippen LogP) is 4.32. The highest BCUT2D eigenvalue weighted by molar-refractivity contribution is 14.0. The van der Waals surface area contributed by atoms with Crippen LogP contribution >= 0.6 is 24.0 Å². The molecule has 1 saturated heterocycles. The van der Waals surface area contributed by atoms with Gasteiger partial charge in [-0.25, -0.2) is 4.98 Å². The van der Waals surface area contributed by atoms with Crippen LogP contribution < -0.4 is 15.4 Å². The molecule has 2 aromatic rings. The van der Waals surface area contributed by atoms with E-state index in [0.717, 1.165) is 36.5 Å². The van der Waals surface area contributed by atoms with Crippen molar-refractivity contribution in [1.82, 2.24) is 15.6 Å². The number of hydrogen-bond donors (Lipinski definition) is 2. The van der Waals surface area contributed by atoms with Gasteiger partial charge < -0.3 is 24.5 Å². The molecule has 1 fully saturated rings. The molecule has 1 aromatic carbocycles. The number of halogens is 1. The predicted molar refractivity (Wildman–Crippen MR) is 133 cm³/mol. The lowest BCUT2D eigenvalue weighted by molar-refractivity contribution is 0.0676. The van der Waals surface area contributed by atoms with Gasteiger partial charge in [0.05, 0.1) is 18.8 Å².